The van der Waals surface area contributed by atoms with Crippen LogP contribution in [0.25, 0.3) is 5.65 Å². The molecule has 4 nitrogen and oxygen atoms in total. The van der Waals surface area contributed by atoms with Crippen molar-refractivity contribution in [1.82, 2.24) is 14.6 Å². The average molecular weight is 303 g/mol. The molecule has 0 aliphatic heterocycles. The van der Waals surface area contributed by atoms with E-state index in [9.17, 15) is 18.0 Å². The first kappa shape index (κ1) is 14.8. The second kappa shape index (κ2) is 5.82. The smallest absolute Gasteiger partial charge is 0.300 e. The topological polar surface area (TPSA) is 47.3 Å². The highest BCUT2D eigenvalue weighted by Gasteiger charge is 2.31. The summed E-state index contributed by atoms with van der Waals surface area (Å²) in [5.41, 5.74) is -0.373. The highest BCUT2D eigenvalue weighted by atomic mass is 32.2. The maximum Gasteiger partial charge on any atom is 0.417 e. The largest absolute Gasteiger partial charge is 0.417 e. The van der Waals surface area contributed by atoms with Gasteiger partial charge in [-0.05, 0) is 25.5 Å². The fourth-order valence-corrected chi connectivity index (χ4v) is 2.48. The van der Waals surface area contributed by atoms with Crippen LogP contribution < -0.4 is 0 Å². The number of hydrogen-bond acceptors (Lipinski definition) is 4. The van der Waals surface area contributed by atoms with Crippen LogP contribution in [0.1, 0.15) is 25.3 Å². The lowest BCUT2D eigenvalue weighted by Gasteiger charge is -2.07. The van der Waals surface area contributed by atoms with Gasteiger partial charge in [0.05, 0.1) is 5.56 Å². The lowest BCUT2D eigenvalue weighted by Crippen LogP contribution is -2.06. The van der Waals surface area contributed by atoms with Crippen molar-refractivity contribution < 1.29 is 18.0 Å². The molecule has 0 saturated carbocycles. The molecule has 0 aliphatic rings. The summed E-state index contributed by atoms with van der Waals surface area (Å²) in [6.07, 6.45) is -2.29. The third kappa shape index (κ3) is 3.50. The van der Waals surface area contributed by atoms with E-state index >= 15 is 0 Å². The van der Waals surface area contributed by atoms with Crippen molar-refractivity contribution in [3.05, 3.63) is 23.9 Å². The number of halogens is 3. The number of fused-ring (bicyclic) bond motifs is 1. The number of carbonyl (C=O) groups is 1. The number of hydrogen-bond donors (Lipinski definition) is 0. The van der Waals surface area contributed by atoms with E-state index in [-0.39, 0.29) is 5.78 Å². The molecule has 2 aromatic heterocycles. The van der Waals surface area contributed by atoms with Gasteiger partial charge in [0, 0.05) is 18.4 Å². The number of pyridine rings is 1. The van der Waals surface area contributed by atoms with Crippen molar-refractivity contribution in [2.75, 3.05) is 5.75 Å². The van der Waals surface area contributed by atoms with Crippen LogP contribution in [-0.2, 0) is 11.0 Å². The van der Waals surface area contributed by atoms with Crippen LogP contribution in [-0.4, -0.2) is 26.1 Å². The SMILES string of the molecule is CC(=O)CCCSc1nnc2ccc(C(F)(F)F)cn12. The molecule has 2 aromatic rings. The lowest BCUT2D eigenvalue weighted by atomic mass is 10.3. The maximum atomic E-state index is 12.7. The van der Waals surface area contributed by atoms with E-state index in [1.54, 1.807) is 0 Å². The molecule has 2 rings (SSSR count). The van der Waals surface area contributed by atoms with Crippen molar-refractivity contribution in [3.8, 4) is 0 Å². The Balaban J connectivity index is 2.15. The summed E-state index contributed by atoms with van der Waals surface area (Å²) in [4.78, 5) is 10.8. The number of Topliss-reactive ketones (excluding diaryl/α,β-unsaturated/α-hetero) is 1. The van der Waals surface area contributed by atoms with Crippen molar-refractivity contribution >= 4 is 23.2 Å². The van der Waals surface area contributed by atoms with E-state index in [2.05, 4.69) is 10.2 Å². The number of thioether (sulfide) groups is 1. The monoisotopic (exact) mass is 303 g/mol. The van der Waals surface area contributed by atoms with Crippen LogP contribution in [0.5, 0.6) is 0 Å². The van der Waals surface area contributed by atoms with Gasteiger partial charge in [-0.25, -0.2) is 0 Å². The molecule has 0 amide bonds. The second-order valence-electron chi connectivity index (χ2n) is 4.28. The zero-order valence-corrected chi connectivity index (χ0v) is 11.5. The van der Waals surface area contributed by atoms with E-state index in [1.807, 2.05) is 0 Å². The normalized spacial score (nSPS) is 12.0. The van der Waals surface area contributed by atoms with Gasteiger partial charge in [-0.3, -0.25) is 4.40 Å². The summed E-state index contributed by atoms with van der Waals surface area (Å²) in [6.45, 7) is 1.51. The zero-order valence-electron chi connectivity index (χ0n) is 10.6. The Bertz CT molecular complexity index is 624. The number of carbonyl (C=O) groups excluding carboxylic acids is 1. The molecule has 8 heteroatoms. The van der Waals surface area contributed by atoms with E-state index in [0.717, 1.165) is 12.3 Å². The Morgan fingerprint density at radius 3 is 2.75 bits per heavy atom. The van der Waals surface area contributed by atoms with Gasteiger partial charge in [-0.1, -0.05) is 11.8 Å². The maximum absolute atomic E-state index is 12.7. The molecule has 0 saturated heterocycles. The minimum atomic E-state index is -4.39. The van der Waals surface area contributed by atoms with Crippen LogP contribution in [0.15, 0.2) is 23.5 Å². The number of aromatic nitrogens is 3. The number of nitrogens with zero attached hydrogens (tertiary/aromatic N) is 3. The van der Waals surface area contributed by atoms with Gasteiger partial charge < -0.3 is 4.79 Å². The van der Waals surface area contributed by atoms with Gasteiger partial charge in [0.1, 0.15) is 5.78 Å². The molecule has 108 valence electrons. The summed E-state index contributed by atoms with van der Waals surface area (Å²) in [5.74, 6) is 0.701. The minimum Gasteiger partial charge on any atom is -0.300 e. The summed E-state index contributed by atoms with van der Waals surface area (Å²) >= 11 is 1.29. The number of ketones is 1. The molecule has 0 aromatic carbocycles. The minimum absolute atomic E-state index is 0.0936. The molecule has 0 fully saturated rings. The molecule has 0 bridgehead atoms. The first-order valence-corrected chi connectivity index (χ1v) is 6.91. The molecule has 0 aliphatic carbocycles. The first-order chi connectivity index (χ1) is 9.38. The third-order valence-electron chi connectivity index (χ3n) is 2.60. The lowest BCUT2D eigenvalue weighted by molar-refractivity contribution is -0.137. The molecule has 0 N–H and O–H groups in total. The van der Waals surface area contributed by atoms with Crippen molar-refractivity contribution in [3.63, 3.8) is 0 Å². The van der Waals surface area contributed by atoms with Crippen molar-refractivity contribution in [1.29, 1.82) is 0 Å². The van der Waals surface area contributed by atoms with Crippen molar-refractivity contribution in [2.45, 2.75) is 31.1 Å². The van der Waals surface area contributed by atoms with Gasteiger partial charge >= 0.3 is 6.18 Å². The first-order valence-electron chi connectivity index (χ1n) is 5.92. The van der Waals surface area contributed by atoms with Gasteiger partial charge in [0.25, 0.3) is 0 Å². The van der Waals surface area contributed by atoms with Gasteiger partial charge in [-0.2, -0.15) is 13.2 Å². The highest BCUT2D eigenvalue weighted by molar-refractivity contribution is 7.99. The molecular formula is C12H12F3N3OS. The van der Waals surface area contributed by atoms with Gasteiger partial charge in [0.15, 0.2) is 10.8 Å². The Morgan fingerprint density at radius 2 is 2.10 bits per heavy atom. The molecule has 0 radical (unpaired) electrons. The highest BCUT2D eigenvalue weighted by Crippen LogP contribution is 2.30. The van der Waals surface area contributed by atoms with Crippen LogP contribution in [0.4, 0.5) is 13.2 Å². The Hall–Kier alpha value is -1.57. The number of alkyl halides is 3. The van der Waals surface area contributed by atoms with Gasteiger partial charge in [-0.15, -0.1) is 10.2 Å². The molecule has 20 heavy (non-hydrogen) atoms. The third-order valence-corrected chi connectivity index (χ3v) is 3.63. The summed E-state index contributed by atoms with van der Waals surface area (Å²) in [5, 5.41) is 8.07. The van der Waals surface area contributed by atoms with Gasteiger partial charge in [0.2, 0.25) is 0 Å². The molecular weight excluding hydrogens is 291 g/mol. The summed E-state index contributed by atoms with van der Waals surface area (Å²) in [7, 11) is 0. The van der Waals surface area contributed by atoms with E-state index in [4.69, 9.17) is 0 Å². The molecule has 0 atom stereocenters. The Kier molecular flexibility index (Phi) is 4.32. The molecule has 2 heterocycles. The zero-order chi connectivity index (χ0) is 14.8. The van der Waals surface area contributed by atoms with E-state index < -0.39 is 11.7 Å². The quantitative estimate of drug-likeness (QED) is 0.628. The van der Waals surface area contributed by atoms with Crippen LogP contribution in [0.3, 0.4) is 0 Å². The standard InChI is InChI=1S/C12H12F3N3OS/c1-8(19)3-2-6-20-11-17-16-10-5-4-9(7-18(10)11)12(13,14)15/h4-5,7H,2-3,6H2,1H3. The Morgan fingerprint density at radius 1 is 1.35 bits per heavy atom. The van der Waals surface area contributed by atoms with Crippen LogP contribution in [0.2, 0.25) is 0 Å². The Labute approximate surface area is 117 Å². The summed E-state index contributed by atoms with van der Waals surface area (Å²) < 4.78 is 39.3. The average Bonchev–Trinajstić information content (AvgIpc) is 2.76. The van der Waals surface area contributed by atoms with Crippen molar-refractivity contribution in [2.24, 2.45) is 0 Å². The fourth-order valence-electron chi connectivity index (χ4n) is 1.62. The van der Waals surface area contributed by atoms with E-state index in [1.165, 1.54) is 29.2 Å². The summed E-state index contributed by atoms with van der Waals surface area (Å²) in [6, 6.07) is 2.27. The van der Waals surface area contributed by atoms with Crippen LogP contribution >= 0.6 is 11.8 Å². The van der Waals surface area contributed by atoms with E-state index in [0.29, 0.717) is 29.4 Å². The van der Waals surface area contributed by atoms with Crippen LogP contribution in [0, 0.1) is 0 Å². The number of rotatable bonds is 5. The predicted octanol–water partition coefficient (Wildman–Crippen LogP) is 3.21. The predicted molar refractivity (Wildman–Crippen MR) is 68.6 cm³/mol. The second-order valence-corrected chi connectivity index (χ2v) is 5.34. The molecule has 0 spiro atoms. The molecule has 0 unspecified atom stereocenters. The fraction of sp³-hybridized carbons (Fsp3) is 0.417.